The fourth-order valence-electron chi connectivity index (χ4n) is 2.54. The van der Waals surface area contributed by atoms with E-state index >= 15 is 0 Å². The predicted octanol–water partition coefficient (Wildman–Crippen LogP) is 2.51. The molecule has 2 rings (SSSR count). The lowest BCUT2D eigenvalue weighted by atomic mass is 10.2. The molecule has 0 saturated carbocycles. The van der Waals surface area contributed by atoms with Gasteiger partial charge in [0.1, 0.15) is 5.75 Å². The fraction of sp³-hybridized carbons (Fsp3) is 0.389. The van der Waals surface area contributed by atoms with Crippen molar-refractivity contribution in [1.82, 2.24) is 14.7 Å². The molecule has 1 amide bonds. The third kappa shape index (κ3) is 4.59. The minimum atomic E-state index is -1.02. The van der Waals surface area contributed by atoms with Crippen LogP contribution in [0.25, 0.3) is 0 Å². The first-order valence-electron chi connectivity index (χ1n) is 8.02. The zero-order chi connectivity index (χ0) is 18.6. The van der Waals surface area contributed by atoms with Crippen LogP contribution in [0.15, 0.2) is 30.5 Å². The van der Waals surface area contributed by atoms with E-state index < -0.39 is 5.97 Å². The molecule has 1 aromatic carbocycles. The number of ether oxygens (including phenoxy) is 1. The van der Waals surface area contributed by atoms with Gasteiger partial charge in [-0.05, 0) is 38.5 Å². The van der Waals surface area contributed by atoms with Gasteiger partial charge in [0.05, 0.1) is 11.8 Å². The number of hydrogen-bond acceptors (Lipinski definition) is 4. The average molecular weight is 345 g/mol. The zero-order valence-electron chi connectivity index (χ0n) is 14.9. The van der Waals surface area contributed by atoms with E-state index in [1.165, 1.54) is 0 Å². The van der Waals surface area contributed by atoms with Crippen LogP contribution in [-0.2, 0) is 11.3 Å². The molecule has 2 aromatic rings. The molecule has 0 fully saturated rings. The number of carboxylic acid groups (broad SMARTS) is 1. The third-order valence-corrected chi connectivity index (χ3v) is 3.82. The lowest BCUT2D eigenvalue weighted by Crippen LogP contribution is -2.26. The Morgan fingerprint density at radius 2 is 1.92 bits per heavy atom. The van der Waals surface area contributed by atoms with Crippen LogP contribution >= 0.6 is 0 Å². The summed E-state index contributed by atoms with van der Waals surface area (Å²) >= 11 is 0. The number of benzene rings is 1. The molecular formula is C18H23N3O4. The number of rotatable bonds is 7. The van der Waals surface area contributed by atoms with Crippen LogP contribution < -0.4 is 4.74 Å². The molecule has 1 heterocycles. The maximum Gasteiger partial charge on any atom is 0.341 e. The number of carbonyl (C=O) groups excluding carboxylic acids is 1. The van der Waals surface area contributed by atoms with E-state index in [0.29, 0.717) is 17.9 Å². The van der Waals surface area contributed by atoms with Crippen molar-refractivity contribution in [3.05, 3.63) is 47.3 Å². The highest BCUT2D eigenvalue weighted by Gasteiger charge is 2.19. The van der Waals surface area contributed by atoms with Gasteiger partial charge in [-0.1, -0.05) is 12.1 Å². The number of aliphatic carboxylic acids is 1. The van der Waals surface area contributed by atoms with Gasteiger partial charge in [0.15, 0.2) is 6.61 Å². The largest absolute Gasteiger partial charge is 0.482 e. The number of carboxylic acids is 1. The van der Waals surface area contributed by atoms with Crippen molar-refractivity contribution in [2.24, 2.45) is 0 Å². The lowest BCUT2D eigenvalue weighted by Gasteiger charge is -2.17. The van der Waals surface area contributed by atoms with Gasteiger partial charge < -0.3 is 14.7 Å². The van der Waals surface area contributed by atoms with E-state index in [9.17, 15) is 9.59 Å². The first-order valence-corrected chi connectivity index (χ1v) is 8.02. The van der Waals surface area contributed by atoms with Gasteiger partial charge in [0.25, 0.3) is 5.91 Å². The molecule has 0 aliphatic rings. The summed E-state index contributed by atoms with van der Waals surface area (Å²) in [4.78, 5) is 24.7. The molecule has 0 bridgehead atoms. The molecule has 1 aromatic heterocycles. The topological polar surface area (TPSA) is 84.7 Å². The minimum Gasteiger partial charge on any atom is -0.482 e. The number of aromatic nitrogens is 2. The Labute approximate surface area is 146 Å². The summed E-state index contributed by atoms with van der Waals surface area (Å²) in [5.74, 6) is -0.628. The Hall–Kier alpha value is -2.83. The summed E-state index contributed by atoms with van der Waals surface area (Å²) in [5, 5.41) is 12.9. The highest BCUT2D eigenvalue weighted by Crippen LogP contribution is 2.17. The quantitative estimate of drug-likeness (QED) is 0.833. The molecule has 7 heteroatoms. The second-order valence-corrected chi connectivity index (χ2v) is 6.17. The molecule has 0 aliphatic carbocycles. The summed E-state index contributed by atoms with van der Waals surface area (Å²) in [6, 6.07) is 7.21. The van der Waals surface area contributed by atoms with Crippen molar-refractivity contribution in [3.63, 3.8) is 0 Å². The third-order valence-electron chi connectivity index (χ3n) is 3.82. The van der Waals surface area contributed by atoms with Crippen LogP contribution in [0.1, 0.15) is 41.5 Å². The minimum absolute atomic E-state index is 0.0874. The van der Waals surface area contributed by atoms with E-state index in [1.807, 2.05) is 37.6 Å². The molecule has 134 valence electrons. The second-order valence-electron chi connectivity index (χ2n) is 6.17. The molecule has 0 spiro atoms. The van der Waals surface area contributed by atoms with Gasteiger partial charge in [-0.2, -0.15) is 5.10 Å². The number of hydrogen-bond donors (Lipinski definition) is 1. The van der Waals surface area contributed by atoms with Crippen molar-refractivity contribution in [3.8, 4) is 5.75 Å². The maximum atomic E-state index is 12.6. The van der Waals surface area contributed by atoms with E-state index in [4.69, 9.17) is 9.84 Å². The van der Waals surface area contributed by atoms with Crippen molar-refractivity contribution in [2.45, 2.75) is 33.4 Å². The first-order chi connectivity index (χ1) is 11.8. The summed E-state index contributed by atoms with van der Waals surface area (Å²) in [7, 11) is 1.74. The smallest absolute Gasteiger partial charge is 0.341 e. The van der Waals surface area contributed by atoms with E-state index in [1.54, 1.807) is 30.3 Å². The van der Waals surface area contributed by atoms with Crippen molar-refractivity contribution < 1.29 is 19.4 Å². The van der Waals surface area contributed by atoms with Crippen LogP contribution in [0, 0.1) is 6.92 Å². The van der Waals surface area contributed by atoms with Crippen LogP contribution in [0.2, 0.25) is 0 Å². The van der Waals surface area contributed by atoms with Gasteiger partial charge in [0, 0.05) is 25.3 Å². The van der Waals surface area contributed by atoms with Gasteiger partial charge in [-0.15, -0.1) is 0 Å². The number of nitrogens with zero attached hydrogens (tertiary/aromatic N) is 3. The van der Waals surface area contributed by atoms with Gasteiger partial charge >= 0.3 is 5.97 Å². The highest BCUT2D eigenvalue weighted by atomic mass is 16.5. The van der Waals surface area contributed by atoms with Crippen LogP contribution in [0.4, 0.5) is 0 Å². The molecule has 1 N–H and O–H groups in total. The fourth-order valence-corrected chi connectivity index (χ4v) is 2.54. The van der Waals surface area contributed by atoms with Crippen molar-refractivity contribution in [1.29, 1.82) is 0 Å². The van der Waals surface area contributed by atoms with Crippen molar-refractivity contribution >= 4 is 11.9 Å². The van der Waals surface area contributed by atoms with Crippen LogP contribution in [0.3, 0.4) is 0 Å². The summed E-state index contributed by atoms with van der Waals surface area (Å²) in [6.45, 7) is 5.99. The van der Waals surface area contributed by atoms with Gasteiger partial charge in [-0.3, -0.25) is 9.48 Å². The monoisotopic (exact) mass is 345 g/mol. The molecule has 25 heavy (non-hydrogen) atoms. The molecular weight excluding hydrogens is 322 g/mol. The molecule has 0 atom stereocenters. The molecule has 0 radical (unpaired) electrons. The zero-order valence-corrected chi connectivity index (χ0v) is 14.9. The maximum absolute atomic E-state index is 12.6. The Balaban J connectivity index is 2.02. The van der Waals surface area contributed by atoms with E-state index in [2.05, 4.69) is 5.10 Å². The Kier molecular flexibility index (Phi) is 5.80. The van der Waals surface area contributed by atoms with Crippen molar-refractivity contribution in [2.75, 3.05) is 13.7 Å². The Bertz CT molecular complexity index is 750. The Morgan fingerprint density at radius 3 is 2.44 bits per heavy atom. The van der Waals surface area contributed by atoms with Crippen LogP contribution in [-0.4, -0.2) is 45.3 Å². The first kappa shape index (κ1) is 18.5. The van der Waals surface area contributed by atoms with Gasteiger partial charge in [-0.25, -0.2) is 4.79 Å². The molecule has 0 unspecified atom stereocenters. The molecule has 0 aliphatic heterocycles. The summed E-state index contributed by atoms with van der Waals surface area (Å²) in [5.41, 5.74) is 2.37. The number of amides is 1. The SMILES string of the molecule is Cc1c(C(=O)N(C)Cc2ccc(OCC(=O)O)cc2)cnn1C(C)C. The summed E-state index contributed by atoms with van der Waals surface area (Å²) < 4.78 is 6.92. The highest BCUT2D eigenvalue weighted by molar-refractivity contribution is 5.94. The standard InChI is InChI=1S/C18H23N3O4/c1-12(2)21-13(3)16(9-19-21)18(24)20(4)10-14-5-7-15(8-6-14)25-11-17(22)23/h5-9,12H,10-11H2,1-4H3,(H,22,23). The lowest BCUT2D eigenvalue weighted by molar-refractivity contribution is -0.139. The second kappa shape index (κ2) is 7.83. The van der Waals surface area contributed by atoms with Crippen LogP contribution in [0.5, 0.6) is 5.75 Å². The molecule has 7 nitrogen and oxygen atoms in total. The van der Waals surface area contributed by atoms with E-state index in [-0.39, 0.29) is 18.6 Å². The average Bonchev–Trinajstić information content (AvgIpc) is 2.95. The predicted molar refractivity (Wildman–Crippen MR) is 92.7 cm³/mol. The normalized spacial score (nSPS) is 10.8. The van der Waals surface area contributed by atoms with Gasteiger partial charge in [0.2, 0.25) is 0 Å². The molecule has 0 saturated heterocycles. The van der Waals surface area contributed by atoms with E-state index in [0.717, 1.165) is 11.3 Å². The summed E-state index contributed by atoms with van der Waals surface area (Å²) in [6.07, 6.45) is 1.61. The Morgan fingerprint density at radius 1 is 1.28 bits per heavy atom. The number of carbonyl (C=O) groups is 2.